The highest BCUT2D eigenvalue weighted by Crippen LogP contribution is 1.98. The largest absolute Gasteiger partial charge is 0.447 e. The van der Waals surface area contributed by atoms with E-state index in [1.807, 2.05) is 20.8 Å². The standard InChI is InChI=1S/C9H17NO2/c1-7(2)6-10(5)9(11)12-8(3)4/h8H,1,6H2,2-5H3. The van der Waals surface area contributed by atoms with Crippen molar-refractivity contribution in [2.45, 2.75) is 26.9 Å². The summed E-state index contributed by atoms with van der Waals surface area (Å²) in [6.45, 7) is 9.78. The number of nitrogens with zero attached hydrogens (tertiary/aromatic N) is 1. The van der Waals surface area contributed by atoms with Crippen molar-refractivity contribution < 1.29 is 9.53 Å². The third-order valence-electron chi connectivity index (χ3n) is 1.16. The maximum Gasteiger partial charge on any atom is 0.410 e. The van der Waals surface area contributed by atoms with Crippen LogP contribution in [0.3, 0.4) is 0 Å². The minimum Gasteiger partial charge on any atom is -0.447 e. The molecule has 0 unspecified atom stereocenters. The van der Waals surface area contributed by atoms with E-state index in [9.17, 15) is 4.79 Å². The van der Waals surface area contributed by atoms with Gasteiger partial charge in [0.2, 0.25) is 0 Å². The van der Waals surface area contributed by atoms with Gasteiger partial charge in [0.25, 0.3) is 0 Å². The van der Waals surface area contributed by atoms with E-state index < -0.39 is 0 Å². The van der Waals surface area contributed by atoms with E-state index >= 15 is 0 Å². The molecule has 3 nitrogen and oxygen atoms in total. The number of ether oxygens (including phenoxy) is 1. The Morgan fingerprint density at radius 2 is 2.08 bits per heavy atom. The molecule has 0 fully saturated rings. The van der Waals surface area contributed by atoms with Crippen molar-refractivity contribution in [1.82, 2.24) is 4.90 Å². The van der Waals surface area contributed by atoms with Crippen molar-refractivity contribution in [3.05, 3.63) is 12.2 Å². The van der Waals surface area contributed by atoms with Crippen LogP contribution < -0.4 is 0 Å². The van der Waals surface area contributed by atoms with Gasteiger partial charge in [0.05, 0.1) is 6.10 Å². The second-order valence-electron chi connectivity index (χ2n) is 3.25. The third-order valence-corrected chi connectivity index (χ3v) is 1.16. The summed E-state index contributed by atoms with van der Waals surface area (Å²) in [5.41, 5.74) is 0.943. The first-order valence-corrected chi connectivity index (χ1v) is 3.99. The van der Waals surface area contributed by atoms with Crippen molar-refractivity contribution in [3.8, 4) is 0 Å². The highest BCUT2D eigenvalue weighted by molar-refractivity contribution is 5.67. The normalized spacial score (nSPS) is 9.75. The Kier molecular flexibility index (Phi) is 4.40. The molecule has 1 amide bonds. The summed E-state index contributed by atoms with van der Waals surface area (Å²) >= 11 is 0. The molecule has 0 bridgehead atoms. The van der Waals surface area contributed by atoms with E-state index in [1.54, 1.807) is 7.05 Å². The molecule has 0 aliphatic carbocycles. The number of hydrogen-bond donors (Lipinski definition) is 0. The van der Waals surface area contributed by atoms with Gasteiger partial charge in [0.1, 0.15) is 0 Å². The molecular weight excluding hydrogens is 154 g/mol. The molecule has 0 saturated carbocycles. The van der Waals surface area contributed by atoms with Crippen LogP contribution in [0.25, 0.3) is 0 Å². The lowest BCUT2D eigenvalue weighted by atomic mass is 10.3. The average molecular weight is 171 g/mol. The van der Waals surface area contributed by atoms with Gasteiger partial charge in [-0.1, -0.05) is 12.2 Å². The van der Waals surface area contributed by atoms with Crippen LogP contribution in [0.5, 0.6) is 0 Å². The predicted molar refractivity (Wildman–Crippen MR) is 49.1 cm³/mol. The fourth-order valence-electron chi connectivity index (χ4n) is 0.761. The fourth-order valence-corrected chi connectivity index (χ4v) is 0.761. The molecule has 0 aliphatic heterocycles. The Labute approximate surface area is 74.0 Å². The summed E-state index contributed by atoms with van der Waals surface area (Å²) in [6, 6.07) is 0. The van der Waals surface area contributed by atoms with Gasteiger partial charge in [-0.25, -0.2) is 4.79 Å². The van der Waals surface area contributed by atoms with Crippen LogP contribution in [0.4, 0.5) is 4.79 Å². The van der Waals surface area contributed by atoms with Crippen LogP contribution >= 0.6 is 0 Å². The van der Waals surface area contributed by atoms with Crippen LogP contribution in [0.1, 0.15) is 20.8 Å². The first-order chi connectivity index (χ1) is 5.43. The number of rotatable bonds is 3. The third kappa shape index (κ3) is 4.77. The van der Waals surface area contributed by atoms with Crippen molar-refractivity contribution >= 4 is 6.09 Å². The number of carbonyl (C=O) groups is 1. The predicted octanol–water partition coefficient (Wildman–Crippen LogP) is 2.04. The minimum absolute atomic E-state index is 0.0647. The van der Waals surface area contributed by atoms with Gasteiger partial charge < -0.3 is 9.64 Å². The molecule has 70 valence electrons. The molecule has 0 aromatic heterocycles. The van der Waals surface area contributed by atoms with Gasteiger partial charge in [-0.2, -0.15) is 0 Å². The Hall–Kier alpha value is -0.990. The molecule has 12 heavy (non-hydrogen) atoms. The Bertz CT molecular complexity index is 175. The molecular formula is C9H17NO2. The SMILES string of the molecule is C=C(C)CN(C)C(=O)OC(C)C. The lowest BCUT2D eigenvalue weighted by Crippen LogP contribution is -2.30. The summed E-state index contributed by atoms with van der Waals surface area (Å²) in [5, 5.41) is 0. The molecule has 0 spiro atoms. The van der Waals surface area contributed by atoms with E-state index in [-0.39, 0.29) is 12.2 Å². The second kappa shape index (κ2) is 4.80. The van der Waals surface area contributed by atoms with Gasteiger partial charge in [-0.05, 0) is 20.8 Å². The molecule has 0 saturated heterocycles. The van der Waals surface area contributed by atoms with E-state index in [4.69, 9.17) is 4.74 Å². The molecule has 0 radical (unpaired) electrons. The van der Waals surface area contributed by atoms with Gasteiger partial charge in [0.15, 0.2) is 0 Å². The van der Waals surface area contributed by atoms with Crippen molar-refractivity contribution in [2.24, 2.45) is 0 Å². The van der Waals surface area contributed by atoms with Gasteiger partial charge in [-0.3, -0.25) is 0 Å². The number of amides is 1. The van der Waals surface area contributed by atoms with Crippen LogP contribution in [-0.4, -0.2) is 30.7 Å². The monoisotopic (exact) mass is 171 g/mol. The maximum absolute atomic E-state index is 11.2. The smallest absolute Gasteiger partial charge is 0.410 e. The zero-order valence-electron chi connectivity index (χ0n) is 8.26. The fraction of sp³-hybridized carbons (Fsp3) is 0.667. The quantitative estimate of drug-likeness (QED) is 0.608. The summed E-state index contributed by atoms with van der Waals surface area (Å²) in [5.74, 6) is 0. The van der Waals surface area contributed by atoms with E-state index in [2.05, 4.69) is 6.58 Å². The number of carbonyl (C=O) groups excluding carboxylic acids is 1. The summed E-state index contributed by atoms with van der Waals surface area (Å²) in [6.07, 6.45) is -0.363. The van der Waals surface area contributed by atoms with Crippen LogP contribution in [0.2, 0.25) is 0 Å². The van der Waals surface area contributed by atoms with Gasteiger partial charge in [0, 0.05) is 13.6 Å². The molecule has 0 heterocycles. The van der Waals surface area contributed by atoms with Crippen LogP contribution in [0.15, 0.2) is 12.2 Å². The van der Waals surface area contributed by atoms with Crippen LogP contribution in [0, 0.1) is 0 Å². The Balaban J connectivity index is 3.85. The highest BCUT2D eigenvalue weighted by atomic mass is 16.6. The zero-order chi connectivity index (χ0) is 9.72. The molecule has 0 aromatic rings. The lowest BCUT2D eigenvalue weighted by Gasteiger charge is -2.18. The Morgan fingerprint density at radius 1 is 1.58 bits per heavy atom. The van der Waals surface area contributed by atoms with Crippen molar-refractivity contribution in [3.63, 3.8) is 0 Å². The first kappa shape index (κ1) is 11.0. The van der Waals surface area contributed by atoms with Crippen molar-refractivity contribution in [1.29, 1.82) is 0 Å². The molecule has 0 aromatic carbocycles. The van der Waals surface area contributed by atoms with Gasteiger partial charge >= 0.3 is 6.09 Å². The van der Waals surface area contributed by atoms with Gasteiger partial charge in [-0.15, -0.1) is 0 Å². The number of likely N-dealkylation sites (N-methyl/N-ethyl adjacent to an activating group) is 1. The average Bonchev–Trinajstić information content (AvgIpc) is 1.84. The zero-order valence-corrected chi connectivity index (χ0v) is 8.26. The highest BCUT2D eigenvalue weighted by Gasteiger charge is 2.10. The topological polar surface area (TPSA) is 29.5 Å². The minimum atomic E-state index is -0.298. The molecule has 0 aliphatic rings. The number of hydrogen-bond acceptors (Lipinski definition) is 2. The Morgan fingerprint density at radius 3 is 2.42 bits per heavy atom. The maximum atomic E-state index is 11.2. The van der Waals surface area contributed by atoms with E-state index in [0.29, 0.717) is 6.54 Å². The molecule has 0 rings (SSSR count). The van der Waals surface area contributed by atoms with E-state index in [0.717, 1.165) is 5.57 Å². The van der Waals surface area contributed by atoms with Crippen molar-refractivity contribution in [2.75, 3.05) is 13.6 Å². The molecule has 0 N–H and O–H groups in total. The summed E-state index contributed by atoms with van der Waals surface area (Å²) in [7, 11) is 1.69. The lowest BCUT2D eigenvalue weighted by molar-refractivity contribution is 0.0864. The van der Waals surface area contributed by atoms with E-state index in [1.165, 1.54) is 4.90 Å². The summed E-state index contributed by atoms with van der Waals surface area (Å²) < 4.78 is 4.96. The second-order valence-corrected chi connectivity index (χ2v) is 3.25. The summed E-state index contributed by atoms with van der Waals surface area (Å²) in [4.78, 5) is 12.7. The molecule has 3 heteroatoms. The molecule has 0 atom stereocenters. The first-order valence-electron chi connectivity index (χ1n) is 3.99. The van der Waals surface area contributed by atoms with Crippen LogP contribution in [-0.2, 0) is 4.74 Å².